The number of thiophene rings is 1. The maximum Gasteiger partial charge on any atom is 0.317 e. The van der Waals surface area contributed by atoms with Gasteiger partial charge in [0.05, 0.1) is 17.4 Å². The number of imidazole rings is 1. The third-order valence-corrected chi connectivity index (χ3v) is 5.50. The van der Waals surface area contributed by atoms with Crippen LogP contribution in [0.15, 0.2) is 42.0 Å². The van der Waals surface area contributed by atoms with Crippen molar-refractivity contribution in [1.29, 1.82) is 0 Å². The number of carbonyl (C=O) groups excluding carboxylic acids is 1. The SMILES string of the molecule is O=C(NCCCn1cnc2ccccc21)N1CCc2sccc2C1. The number of aryl methyl sites for hydroxylation is 1. The average molecular weight is 340 g/mol. The zero-order chi connectivity index (χ0) is 16.4. The molecule has 6 heteroatoms. The summed E-state index contributed by atoms with van der Waals surface area (Å²) in [5.74, 6) is 0. The van der Waals surface area contributed by atoms with Gasteiger partial charge in [0.25, 0.3) is 0 Å². The molecule has 0 atom stereocenters. The van der Waals surface area contributed by atoms with Crippen LogP contribution in [0.4, 0.5) is 4.79 Å². The zero-order valence-corrected chi connectivity index (χ0v) is 14.3. The van der Waals surface area contributed by atoms with Crippen molar-refractivity contribution in [2.45, 2.75) is 25.9 Å². The van der Waals surface area contributed by atoms with E-state index in [1.54, 1.807) is 11.3 Å². The molecule has 2 aromatic heterocycles. The van der Waals surface area contributed by atoms with Crippen molar-refractivity contribution in [2.75, 3.05) is 13.1 Å². The highest BCUT2D eigenvalue weighted by Gasteiger charge is 2.20. The first-order valence-electron chi connectivity index (χ1n) is 8.29. The summed E-state index contributed by atoms with van der Waals surface area (Å²) in [5, 5.41) is 5.16. The maximum atomic E-state index is 12.3. The van der Waals surface area contributed by atoms with E-state index in [4.69, 9.17) is 0 Å². The Balaban J connectivity index is 1.26. The smallest absolute Gasteiger partial charge is 0.317 e. The maximum absolute atomic E-state index is 12.3. The molecule has 0 bridgehead atoms. The molecule has 0 saturated heterocycles. The molecular weight excluding hydrogens is 320 g/mol. The Hall–Kier alpha value is -2.34. The summed E-state index contributed by atoms with van der Waals surface area (Å²) < 4.78 is 2.14. The molecule has 3 heterocycles. The van der Waals surface area contributed by atoms with Gasteiger partial charge in [0, 0.05) is 31.1 Å². The van der Waals surface area contributed by atoms with E-state index in [0.717, 1.165) is 43.5 Å². The molecule has 0 fully saturated rings. The van der Waals surface area contributed by atoms with Crippen LogP contribution < -0.4 is 5.32 Å². The first kappa shape index (κ1) is 15.2. The largest absolute Gasteiger partial charge is 0.338 e. The third-order valence-electron chi connectivity index (χ3n) is 4.47. The lowest BCUT2D eigenvalue weighted by molar-refractivity contribution is 0.192. The summed E-state index contributed by atoms with van der Waals surface area (Å²) in [7, 11) is 0. The molecule has 0 spiro atoms. The Labute approximate surface area is 144 Å². The van der Waals surface area contributed by atoms with Crippen molar-refractivity contribution in [3.05, 3.63) is 52.5 Å². The fraction of sp³-hybridized carbons (Fsp3) is 0.333. The van der Waals surface area contributed by atoms with Gasteiger partial charge in [0.15, 0.2) is 0 Å². The predicted molar refractivity (Wildman–Crippen MR) is 96.2 cm³/mol. The third kappa shape index (κ3) is 3.01. The highest BCUT2D eigenvalue weighted by Crippen LogP contribution is 2.23. The van der Waals surface area contributed by atoms with Crippen LogP contribution >= 0.6 is 11.3 Å². The first-order valence-corrected chi connectivity index (χ1v) is 9.17. The molecule has 2 amide bonds. The second kappa shape index (κ2) is 6.65. The highest BCUT2D eigenvalue weighted by molar-refractivity contribution is 7.10. The summed E-state index contributed by atoms with van der Waals surface area (Å²) in [4.78, 5) is 20.0. The number of carbonyl (C=O) groups is 1. The summed E-state index contributed by atoms with van der Waals surface area (Å²) in [6.07, 6.45) is 3.74. The number of hydrogen-bond donors (Lipinski definition) is 1. The monoisotopic (exact) mass is 340 g/mol. The van der Waals surface area contributed by atoms with Crippen molar-refractivity contribution in [2.24, 2.45) is 0 Å². The molecule has 0 radical (unpaired) electrons. The summed E-state index contributed by atoms with van der Waals surface area (Å²) in [6.45, 7) is 3.08. The van der Waals surface area contributed by atoms with Crippen LogP contribution in [0.5, 0.6) is 0 Å². The van der Waals surface area contributed by atoms with E-state index in [2.05, 4.69) is 32.4 Å². The summed E-state index contributed by atoms with van der Waals surface area (Å²) in [5.41, 5.74) is 3.46. The number of hydrogen-bond acceptors (Lipinski definition) is 3. The minimum Gasteiger partial charge on any atom is -0.338 e. The highest BCUT2D eigenvalue weighted by atomic mass is 32.1. The number of para-hydroxylation sites is 2. The average Bonchev–Trinajstić information content (AvgIpc) is 3.24. The molecule has 4 rings (SSSR count). The minimum atomic E-state index is 0.0438. The van der Waals surface area contributed by atoms with E-state index in [1.165, 1.54) is 10.4 Å². The summed E-state index contributed by atoms with van der Waals surface area (Å²) in [6, 6.07) is 10.3. The number of rotatable bonds is 4. The number of amides is 2. The quantitative estimate of drug-likeness (QED) is 0.741. The molecular formula is C18H20N4OS. The minimum absolute atomic E-state index is 0.0438. The number of fused-ring (bicyclic) bond motifs is 2. The van der Waals surface area contributed by atoms with E-state index < -0.39 is 0 Å². The van der Waals surface area contributed by atoms with Crippen LogP contribution in [-0.2, 0) is 19.5 Å². The lowest BCUT2D eigenvalue weighted by Crippen LogP contribution is -2.42. The van der Waals surface area contributed by atoms with E-state index in [-0.39, 0.29) is 6.03 Å². The van der Waals surface area contributed by atoms with Crippen molar-refractivity contribution in [3.63, 3.8) is 0 Å². The Morgan fingerprint density at radius 3 is 3.17 bits per heavy atom. The van der Waals surface area contributed by atoms with Crippen molar-refractivity contribution >= 4 is 28.4 Å². The van der Waals surface area contributed by atoms with Crippen LogP contribution in [0, 0.1) is 0 Å². The second-order valence-electron chi connectivity index (χ2n) is 6.05. The number of nitrogens with zero attached hydrogens (tertiary/aromatic N) is 3. The zero-order valence-electron chi connectivity index (χ0n) is 13.4. The molecule has 0 unspecified atom stereocenters. The van der Waals surface area contributed by atoms with Gasteiger partial charge in [0.2, 0.25) is 0 Å². The van der Waals surface area contributed by atoms with Gasteiger partial charge in [-0.25, -0.2) is 9.78 Å². The van der Waals surface area contributed by atoms with E-state index in [1.807, 2.05) is 29.4 Å². The lowest BCUT2D eigenvalue weighted by Gasteiger charge is -2.27. The Bertz CT molecular complexity index is 853. The molecule has 0 saturated carbocycles. The molecule has 24 heavy (non-hydrogen) atoms. The van der Waals surface area contributed by atoms with Gasteiger partial charge in [-0.3, -0.25) is 0 Å². The fourth-order valence-electron chi connectivity index (χ4n) is 3.17. The molecule has 1 aliphatic heterocycles. The van der Waals surface area contributed by atoms with E-state index >= 15 is 0 Å². The Morgan fingerprint density at radius 2 is 2.21 bits per heavy atom. The molecule has 1 aromatic carbocycles. The van der Waals surface area contributed by atoms with Gasteiger partial charge in [-0.05, 0) is 42.0 Å². The van der Waals surface area contributed by atoms with Crippen molar-refractivity contribution < 1.29 is 4.79 Å². The van der Waals surface area contributed by atoms with Gasteiger partial charge in [0.1, 0.15) is 0 Å². The standard InChI is InChI=1S/C18H20N4OS/c23-18(21-10-6-17-14(12-21)7-11-24-17)19-8-3-9-22-13-20-15-4-1-2-5-16(15)22/h1-2,4-5,7,11,13H,3,6,8-10,12H2,(H,19,23). The van der Waals surface area contributed by atoms with Crippen LogP contribution in [-0.4, -0.2) is 33.6 Å². The number of benzene rings is 1. The fourth-order valence-corrected chi connectivity index (χ4v) is 4.06. The van der Waals surface area contributed by atoms with Gasteiger partial charge in [-0.15, -0.1) is 11.3 Å². The Morgan fingerprint density at radius 1 is 1.29 bits per heavy atom. The topological polar surface area (TPSA) is 50.2 Å². The van der Waals surface area contributed by atoms with Crippen LogP contribution in [0.2, 0.25) is 0 Å². The number of urea groups is 1. The normalized spacial score (nSPS) is 13.9. The van der Waals surface area contributed by atoms with Gasteiger partial charge in [-0.2, -0.15) is 0 Å². The molecule has 3 aromatic rings. The Kier molecular flexibility index (Phi) is 4.21. The molecule has 1 N–H and O–H groups in total. The van der Waals surface area contributed by atoms with Crippen molar-refractivity contribution in [1.82, 2.24) is 19.8 Å². The van der Waals surface area contributed by atoms with Crippen LogP contribution in [0.25, 0.3) is 11.0 Å². The first-order chi connectivity index (χ1) is 11.8. The summed E-state index contributed by atoms with van der Waals surface area (Å²) >= 11 is 1.79. The van der Waals surface area contributed by atoms with Crippen LogP contribution in [0.3, 0.4) is 0 Å². The van der Waals surface area contributed by atoms with Crippen LogP contribution in [0.1, 0.15) is 16.9 Å². The predicted octanol–water partition coefficient (Wildman–Crippen LogP) is 3.26. The van der Waals surface area contributed by atoms with Gasteiger partial charge in [-0.1, -0.05) is 12.1 Å². The van der Waals surface area contributed by atoms with E-state index in [0.29, 0.717) is 6.54 Å². The number of nitrogens with one attached hydrogen (secondary N) is 1. The second-order valence-corrected chi connectivity index (χ2v) is 7.05. The molecule has 5 nitrogen and oxygen atoms in total. The number of aromatic nitrogens is 2. The van der Waals surface area contributed by atoms with Crippen molar-refractivity contribution in [3.8, 4) is 0 Å². The molecule has 124 valence electrons. The molecule has 1 aliphatic rings. The van der Waals surface area contributed by atoms with E-state index in [9.17, 15) is 4.79 Å². The van der Waals surface area contributed by atoms with Gasteiger partial charge >= 0.3 is 6.03 Å². The molecule has 0 aliphatic carbocycles. The van der Waals surface area contributed by atoms with Gasteiger partial charge < -0.3 is 14.8 Å². The lowest BCUT2D eigenvalue weighted by atomic mass is 10.1.